The molecule has 0 N–H and O–H groups in total. The molecule has 0 bridgehead atoms. The average Bonchev–Trinajstić information content (AvgIpc) is 1.51. The van der Waals surface area contributed by atoms with Crippen LogP contribution in [0.2, 0.25) is 0 Å². The van der Waals surface area contributed by atoms with E-state index in [1.54, 1.807) is 0 Å². The molecule has 0 spiro atoms. The summed E-state index contributed by atoms with van der Waals surface area (Å²) in [5, 5.41) is -0.745. The van der Waals surface area contributed by atoms with Crippen molar-refractivity contribution < 1.29 is 181 Å². The van der Waals surface area contributed by atoms with Gasteiger partial charge in [-0.05, 0) is 36.4 Å². The normalized spacial score (nSPS) is 14.8. The lowest BCUT2D eigenvalue weighted by Crippen LogP contribution is -2.62. The molecule has 3 heterocycles. The SMILES string of the molecule is CN(c1ccc2oc3ccc(N(C)c4nc(OCC(F)(F)C(F)(F)C(F)(F)C(F)(F)F)nc(OCC(F)(F)C(F)(F)C(F)(F)C(F)(F)F)n4)cc3c2c1)c1nc(OCC(F)(F)C(F)(F)C(F)(F)C(F)(F)F)nc(OCC(F)(F)C(F)(F)C(F)(F)C(F)(F)F)n1. The summed E-state index contributed by atoms with van der Waals surface area (Å²) in [6, 6.07) is -3.78. The van der Waals surface area contributed by atoms with Crippen LogP contribution in [0.15, 0.2) is 40.8 Å². The van der Waals surface area contributed by atoms with Crippen LogP contribution in [0.4, 0.5) is 181 Å². The summed E-state index contributed by atoms with van der Waals surface area (Å²) in [5.74, 6) is -90.3. The fourth-order valence-electron chi connectivity index (χ4n) is 6.23. The average molecular weight is 1380 g/mol. The van der Waals surface area contributed by atoms with Gasteiger partial charge >= 0.3 is 120 Å². The van der Waals surface area contributed by atoms with Gasteiger partial charge in [0.05, 0.1) is 0 Å². The summed E-state index contributed by atoms with van der Waals surface area (Å²) in [4.78, 5) is 18.6. The topological polar surface area (TPSA) is 134 Å². The number of hydrogen-bond acceptors (Lipinski definition) is 13. The van der Waals surface area contributed by atoms with Crippen LogP contribution in [-0.2, 0) is 0 Å². The molecule has 0 unspecified atom stereocenters. The highest BCUT2D eigenvalue weighted by atomic mass is 19.5. The Bertz CT molecular complexity index is 3000. The molecule has 502 valence electrons. The first-order valence-electron chi connectivity index (χ1n) is 21.8. The van der Waals surface area contributed by atoms with Crippen LogP contribution in [0.3, 0.4) is 0 Å². The zero-order valence-electron chi connectivity index (χ0n) is 41.5. The summed E-state index contributed by atoms with van der Waals surface area (Å²) in [7, 11) is 1.26. The van der Waals surface area contributed by atoms with Gasteiger partial charge in [-0.15, -0.1) is 9.97 Å². The number of anilines is 4. The Hall–Kier alpha value is -7.46. The molecule has 13 nitrogen and oxygen atoms in total. The van der Waals surface area contributed by atoms with E-state index >= 15 is 0 Å². The van der Waals surface area contributed by atoms with Gasteiger partial charge in [-0.1, -0.05) is 0 Å². The van der Waals surface area contributed by atoms with Crippen molar-refractivity contribution in [1.82, 2.24) is 29.9 Å². The molecule has 49 heteroatoms. The standard InChI is InChI=1S/C40H20F36N8O5/c1-83(19-77-21(85-9-25(41,42)29(49,50)33(57,58)37(65,66)67)81-22(78-19)86-10-26(43,44)30(51,52)34(59,60)38(68,69)70)13-3-5-17-15(7-13)16-8-14(4-6-18(16)89-17)84(2)20-79-23(87-11-27(45,46)31(53,54)35(61,62)39(71,72)73)82-24(80-20)88-12-28(47,48)32(55,56)36(63,64)40(74,75)76/h3-8H,9-12H2,1-2H3. The predicted molar refractivity (Wildman–Crippen MR) is 215 cm³/mol. The molecule has 5 rings (SSSR count). The van der Waals surface area contributed by atoms with Gasteiger partial charge in [-0.3, -0.25) is 0 Å². The van der Waals surface area contributed by atoms with Crippen molar-refractivity contribution in [3.63, 3.8) is 0 Å². The monoisotopic (exact) mass is 1380 g/mol. The summed E-state index contributed by atoms with van der Waals surface area (Å²) < 4.78 is 510. The van der Waals surface area contributed by atoms with Gasteiger partial charge < -0.3 is 33.2 Å². The zero-order chi connectivity index (χ0) is 68.9. The lowest BCUT2D eigenvalue weighted by molar-refractivity contribution is -0.398. The van der Waals surface area contributed by atoms with Crippen molar-refractivity contribution in [2.24, 2.45) is 0 Å². The molecule has 89 heavy (non-hydrogen) atoms. The maximum Gasteiger partial charge on any atom is 0.460 e. The number of nitrogens with zero attached hydrogens (tertiary/aromatic N) is 8. The van der Waals surface area contributed by atoms with E-state index in [4.69, 9.17) is 4.42 Å². The highest BCUT2D eigenvalue weighted by Crippen LogP contribution is 2.57. The van der Waals surface area contributed by atoms with Crippen molar-refractivity contribution >= 4 is 45.2 Å². The first kappa shape index (κ1) is 72.3. The lowest BCUT2D eigenvalue weighted by atomic mass is 10.0. The number of hydrogen-bond donors (Lipinski definition) is 0. The Morgan fingerprint density at radius 2 is 0.506 bits per heavy atom. The number of rotatable bonds is 24. The van der Waals surface area contributed by atoms with Crippen LogP contribution in [0.25, 0.3) is 21.9 Å². The van der Waals surface area contributed by atoms with Crippen molar-refractivity contribution in [2.75, 3.05) is 50.3 Å². The number of aromatic nitrogens is 6. The highest BCUT2D eigenvalue weighted by Gasteiger charge is 2.85. The van der Waals surface area contributed by atoms with Crippen molar-refractivity contribution in [1.29, 1.82) is 0 Å². The molecule has 0 aliphatic rings. The van der Waals surface area contributed by atoms with Gasteiger partial charge in [0, 0.05) is 36.2 Å². The number of halogens is 36. The highest BCUT2D eigenvalue weighted by molar-refractivity contribution is 6.07. The predicted octanol–water partition coefficient (Wildman–Crippen LogP) is 14.9. The first-order valence-corrected chi connectivity index (χ1v) is 21.8. The Labute approximate surface area is 463 Å². The second-order valence-electron chi connectivity index (χ2n) is 17.5. The Balaban J connectivity index is 1.61. The van der Waals surface area contributed by atoms with E-state index in [1.807, 2.05) is 0 Å². The molecule has 0 aliphatic carbocycles. The van der Waals surface area contributed by atoms with E-state index in [0.29, 0.717) is 23.9 Å². The maximum atomic E-state index is 14.4. The second-order valence-corrected chi connectivity index (χ2v) is 17.5. The number of ether oxygens (including phenoxy) is 4. The molecule has 2 aromatic carbocycles. The quantitative estimate of drug-likeness (QED) is 0.0543. The zero-order valence-corrected chi connectivity index (χ0v) is 41.5. The minimum Gasteiger partial charge on any atom is -0.457 e. The third-order valence-corrected chi connectivity index (χ3v) is 11.3. The van der Waals surface area contributed by atoms with Crippen LogP contribution in [-0.4, -0.2) is 166 Å². The molecule has 0 amide bonds. The molecular weight excluding hydrogens is 1360 g/mol. The van der Waals surface area contributed by atoms with Crippen LogP contribution in [0, 0.1) is 0 Å². The van der Waals surface area contributed by atoms with E-state index in [2.05, 4.69) is 48.9 Å². The number of fused-ring (bicyclic) bond motifs is 3. The third-order valence-electron chi connectivity index (χ3n) is 11.3. The van der Waals surface area contributed by atoms with Gasteiger partial charge in [-0.25, -0.2) is 0 Å². The van der Waals surface area contributed by atoms with Gasteiger partial charge in [0.25, 0.3) is 0 Å². The van der Waals surface area contributed by atoms with Crippen molar-refractivity contribution in [3.05, 3.63) is 36.4 Å². The number of benzene rings is 2. The van der Waals surface area contributed by atoms with Gasteiger partial charge in [-0.2, -0.15) is 178 Å². The van der Waals surface area contributed by atoms with E-state index < -0.39 is 170 Å². The molecule has 0 radical (unpaired) electrons. The molecule has 5 aromatic rings. The Kier molecular flexibility index (Phi) is 18.0. The van der Waals surface area contributed by atoms with Crippen LogP contribution < -0.4 is 28.7 Å². The second kappa shape index (κ2) is 22.2. The van der Waals surface area contributed by atoms with Gasteiger partial charge in [0.1, 0.15) is 11.2 Å². The van der Waals surface area contributed by atoms with E-state index in [9.17, 15) is 158 Å². The Morgan fingerprint density at radius 3 is 0.697 bits per heavy atom. The summed E-state index contributed by atoms with van der Waals surface area (Å²) in [6.07, 6.45) is -29.8. The van der Waals surface area contributed by atoms with Gasteiger partial charge in [0.15, 0.2) is 26.4 Å². The van der Waals surface area contributed by atoms with Crippen LogP contribution in [0.1, 0.15) is 0 Å². The minimum absolute atomic E-state index is 0.353. The minimum atomic E-state index is -7.61. The van der Waals surface area contributed by atoms with Crippen LogP contribution in [0.5, 0.6) is 24.0 Å². The molecular formula is C40H20F36N8O5. The number of alkyl halides is 36. The maximum absolute atomic E-state index is 14.4. The largest absolute Gasteiger partial charge is 0.460 e. The van der Waals surface area contributed by atoms with E-state index in [-0.39, 0.29) is 21.9 Å². The van der Waals surface area contributed by atoms with E-state index in [0.717, 1.165) is 36.4 Å². The molecule has 0 saturated carbocycles. The molecule has 0 atom stereocenters. The van der Waals surface area contributed by atoms with Crippen molar-refractivity contribution in [2.45, 2.75) is 95.8 Å². The van der Waals surface area contributed by atoms with Gasteiger partial charge in [0.2, 0.25) is 11.9 Å². The number of furan rings is 1. The Morgan fingerprint density at radius 1 is 0.303 bits per heavy atom. The summed E-state index contributed by atoms with van der Waals surface area (Å²) in [6.45, 7) is -13.6. The first-order chi connectivity index (χ1) is 39.5. The fourth-order valence-corrected chi connectivity index (χ4v) is 6.23. The lowest BCUT2D eigenvalue weighted by Gasteiger charge is -2.33. The fraction of sp³-hybridized carbons (Fsp3) is 0.550. The third kappa shape index (κ3) is 12.6. The van der Waals surface area contributed by atoms with E-state index in [1.165, 1.54) is 0 Å². The van der Waals surface area contributed by atoms with Crippen LogP contribution >= 0.6 is 0 Å². The smallest absolute Gasteiger partial charge is 0.457 e. The summed E-state index contributed by atoms with van der Waals surface area (Å²) >= 11 is 0. The molecule has 3 aromatic heterocycles. The molecule has 0 fully saturated rings. The molecule has 0 aliphatic heterocycles. The summed E-state index contributed by atoms with van der Waals surface area (Å²) in [5.41, 5.74) is -1.94. The molecule has 0 saturated heterocycles. The van der Waals surface area contributed by atoms with Crippen molar-refractivity contribution in [3.8, 4) is 24.0 Å².